The van der Waals surface area contributed by atoms with Gasteiger partial charge in [-0.2, -0.15) is 0 Å². The molecule has 1 spiro atoms. The van der Waals surface area contributed by atoms with Crippen molar-refractivity contribution in [1.82, 2.24) is 0 Å². The molecule has 0 aliphatic heterocycles. The zero-order valence-corrected chi connectivity index (χ0v) is 22.5. The molecular formula is C37H21BrO. The van der Waals surface area contributed by atoms with Crippen LogP contribution in [0.5, 0.6) is 0 Å². The van der Waals surface area contributed by atoms with Gasteiger partial charge in [-0.25, -0.2) is 0 Å². The van der Waals surface area contributed by atoms with Crippen LogP contribution in [-0.4, -0.2) is 0 Å². The van der Waals surface area contributed by atoms with Gasteiger partial charge in [0, 0.05) is 15.2 Å². The van der Waals surface area contributed by atoms with E-state index >= 15 is 0 Å². The number of fused-ring (bicyclic) bond motifs is 16. The molecule has 2 aliphatic rings. The molecule has 1 heterocycles. The van der Waals surface area contributed by atoms with Crippen LogP contribution in [-0.2, 0) is 5.41 Å². The predicted molar refractivity (Wildman–Crippen MR) is 163 cm³/mol. The molecule has 0 N–H and O–H groups in total. The average molecular weight is 561 g/mol. The predicted octanol–water partition coefficient (Wildman–Crippen LogP) is 10.4. The lowest BCUT2D eigenvalue weighted by molar-refractivity contribution is 0.668. The fourth-order valence-corrected chi connectivity index (χ4v) is 7.74. The molecule has 2 heteroatoms. The second-order valence-corrected chi connectivity index (χ2v) is 11.5. The van der Waals surface area contributed by atoms with Gasteiger partial charge in [-0.05, 0) is 79.9 Å². The van der Waals surface area contributed by atoms with Crippen molar-refractivity contribution in [3.8, 4) is 33.4 Å². The third-order valence-electron chi connectivity index (χ3n) is 8.76. The minimum absolute atomic E-state index is 0.535. The molecule has 2 aliphatic carbocycles. The van der Waals surface area contributed by atoms with Crippen molar-refractivity contribution in [2.24, 2.45) is 0 Å². The molecule has 9 rings (SSSR count). The second-order valence-electron chi connectivity index (χ2n) is 10.5. The van der Waals surface area contributed by atoms with Gasteiger partial charge in [0.25, 0.3) is 0 Å². The summed E-state index contributed by atoms with van der Waals surface area (Å²) in [6.45, 7) is 0. The van der Waals surface area contributed by atoms with Gasteiger partial charge in [-0.1, -0.05) is 119 Å². The van der Waals surface area contributed by atoms with Crippen molar-refractivity contribution < 1.29 is 4.42 Å². The van der Waals surface area contributed by atoms with Crippen LogP contribution in [0, 0.1) is 0 Å². The highest BCUT2D eigenvalue weighted by atomic mass is 79.9. The summed E-state index contributed by atoms with van der Waals surface area (Å²) in [5.41, 5.74) is 14.2. The molecule has 0 fully saturated rings. The van der Waals surface area contributed by atoms with Gasteiger partial charge < -0.3 is 4.42 Å². The van der Waals surface area contributed by atoms with Gasteiger partial charge in [-0.15, -0.1) is 0 Å². The fraction of sp³-hybridized carbons (Fsp3) is 0.0270. The van der Waals surface area contributed by atoms with Crippen molar-refractivity contribution in [3.63, 3.8) is 0 Å². The number of rotatable bonds is 0. The lowest BCUT2D eigenvalue weighted by Crippen LogP contribution is -2.29. The first kappa shape index (κ1) is 21.5. The van der Waals surface area contributed by atoms with E-state index in [0.29, 0.717) is 0 Å². The van der Waals surface area contributed by atoms with Crippen LogP contribution >= 0.6 is 15.9 Å². The van der Waals surface area contributed by atoms with Crippen molar-refractivity contribution >= 4 is 37.9 Å². The molecule has 1 nitrogen and oxygen atoms in total. The topological polar surface area (TPSA) is 13.1 Å². The van der Waals surface area contributed by atoms with Crippen molar-refractivity contribution in [1.29, 1.82) is 0 Å². The van der Waals surface area contributed by atoms with Gasteiger partial charge >= 0.3 is 0 Å². The lowest BCUT2D eigenvalue weighted by Gasteiger charge is -2.35. The smallest absolute Gasteiger partial charge is 0.135 e. The Morgan fingerprint density at radius 3 is 1.77 bits per heavy atom. The zero-order valence-electron chi connectivity index (χ0n) is 20.9. The van der Waals surface area contributed by atoms with Gasteiger partial charge in [0.15, 0.2) is 0 Å². The van der Waals surface area contributed by atoms with E-state index in [9.17, 15) is 0 Å². The summed E-state index contributed by atoms with van der Waals surface area (Å²) in [6, 6.07) is 46.5. The summed E-state index contributed by atoms with van der Waals surface area (Å²) in [5, 5.41) is 2.36. The highest BCUT2D eigenvalue weighted by Crippen LogP contribution is 2.63. The standard InChI is InChI=1S/C37H21BrO/c38-22-17-18-27-24-10-2-1-9-23(24)25-11-3-6-14-30(25)37(32(27)21-22)31-15-7-4-12-26(31)28-19-20-34-35(36(28)37)29-13-5-8-16-33(29)39-34/h1-21H. The van der Waals surface area contributed by atoms with Crippen molar-refractivity contribution in [2.45, 2.75) is 5.41 Å². The molecule has 0 radical (unpaired) electrons. The number of furan rings is 1. The molecule has 1 aromatic heterocycles. The summed E-state index contributed by atoms with van der Waals surface area (Å²) < 4.78 is 7.57. The summed E-state index contributed by atoms with van der Waals surface area (Å²) in [7, 11) is 0. The first-order valence-electron chi connectivity index (χ1n) is 13.3. The molecule has 6 aromatic carbocycles. The Hall–Kier alpha value is -4.40. The second kappa shape index (κ2) is 7.59. The largest absolute Gasteiger partial charge is 0.456 e. The number of benzene rings is 6. The normalized spacial score (nSPS) is 16.4. The number of hydrogen-bond donors (Lipinski definition) is 0. The molecule has 0 saturated heterocycles. The van der Waals surface area contributed by atoms with Crippen LogP contribution in [0.1, 0.15) is 22.3 Å². The summed E-state index contributed by atoms with van der Waals surface area (Å²) in [4.78, 5) is 0. The summed E-state index contributed by atoms with van der Waals surface area (Å²) in [5.74, 6) is 0. The quantitative estimate of drug-likeness (QED) is 0.180. The van der Waals surface area contributed by atoms with E-state index in [-0.39, 0.29) is 0 Å². The lowest BCUT2D eigenvalue weighted by atomic mass is 9.65. The Morgan fingerprint density at radius 1 is 0.462 bits per heavy atom. The molecule has 7 aromatic rings. The number of para-hydroxylation sites is 1. The Balaban J connectivity index is 1.61. The summed E-state index contributed by atoms with van der Waals surface area (Å²) in [6.07, 6.45) is 0. The molecule has 1 unspecified atom stereocenters. The Bertz CT molecular complexity index is 2150. The Kier molecular flexibility index (Phi) is 4.19. The molecule has 0 saturated carbocycles. The van der Waals surface area contributed by atoms with Crippen LogP contribution in [0.3, 0.4) is 0 Å². The Labute approximate surface area is 234 Å². The van der Waals surface area contributed by atoms with Gasteiger partial charge in [0.1, 0.15) is 11.2 Å². The number of halogens is 1. The first-order valence-corrected chi connectivity index (χ1v) is 14.1. The number of hydrogen-bond acceptors (Lipinski definition) is 1. The minimum atomic E-state index is -0.535. The van der Waals surface area contributed by atoms with Crippen LogP contribution < -0.4 is 0 Å². The van der Waals surface area contributed by atoms with Gasteiger partial charge in [-0.3, -0.25) is 0 Å². The molecule has 39 heavy (non-hydrogen) atoms. The highest BCUT2D eigenvalue weighted by molar-refractivity contribution is 9.10. The third-order valence-corrected chi connectivity index (χ3v) is 9.26. The van der Waals surface area contributed by atoms with Crippen LogP contribution in [0.15, 0.2) is 136 Å². The van der Waals surface area contributed by atoms with E-state index < -0.39 is 5.41 Å². The van der Waals surface area contributed by atoms with Gasteiger partial charge in [0.2, 0.25) is 0 Å². The first-order chi connectivity index (χ1) is 19.3. The van der Waals surface area contributed by atoms with Crippen molar-refractivity contribution in [2.75, 3.05) is 0 Å². The zero-order chi connectivity index (χ0) is 25.7. The van der Waals surface area contributed by atoms with Crippen LogP contribution in [0.4, 0.5) is 0 Å². The van der Waals surface area contributed by atoms with Crippen LogP contribution in [0.25, 0.3) is 55.3 Å². The maximum Gasteiger partial charge on any atom is 0.135 e. The maximum absolute atomic E-state index is 6.49. The highest BCUT2D eigenvalue weighted by Gasteiger charge is 2.51. The van der Waals surface area contributed by atoms with E-state index in [1.165, 1.54) is 61.0 Å². The Morgan fingerprint density at radius 2 is 1.03 bits per heavy atom. The van der Waals surface area contributed by atoms with E-state index in [1.54, 1.807) is 0 Å². The van der Waals surface area contributed by atoms with E-state index in [2.05, 4.69) is 143 Å². The summed E-state index contributed by atoms with van der Waals surface area (Å²) >= 11 is 3.87. The molecule has 0 bridgehead atoms. The fourth-order valence-electron chi connectivity index (χ4n) is 7.37. The van der Waals surface area contributed by atoms with Crippen molar-refractivity contribution in [3.05, 3.63) is 154 Å². The van der Waals surface area contributed by atoms with E-state index in [4.69, 9.17) is 4.42 Å². The molecule has 1 atom stereocenters. The minimum Gasteiger partial charge on any atom is -0.456 e. The molecule has 0 amide bonds. The monoisotopic (exact) mass is 560 g/mol. The van der Waals surface area contributed by atoms with E-state index in [0.717, 1.165) is 21.0 Å². The van der Waals surface area contributed by atoms with Crippen LogP contribution in [0.2, 0.25) is 0 Å². The SMILES string of the molecule is Brc1ccc2c(c1)C1(c3ccccc3-c3ccccc3-2)c2ccccc2-c2ccc3oc4ccccc4c3c21. The third kappa shape index (κ3) is 2.60. The molecular weight excluding hydrogens is 540 g/mol. The van der Waals surface area contributed by atoms with Gasteiger partial charge in [0.05, 0.1) is 5.41 Å². The average Bonchev–Trinajstić information content (AvgIpc) is 3.48. The maximum atomic E-state index is 6.49. The molecule has 182 valence electrons. The van der Waals surface area contributed by atoms with E-state index in [1.807, 2.05) is 0 Å².